The molecule has 3 rings (SSSR count). The first-order valence-corrected chi connectivity index (χ1v) is 9.79. The van der Waals surface area contributed by atoms with Crippen molar-refractivity contribution in [2.24, 2.45) is 0 Å². The second-order valence-corrected chi connectivity index (χ2v) is 7.02. The number of benzene rings is 3. The summed E-state index contributed by atoms with van der Waals surface area (Å²) in [4.78, 5) is 25.0. The van der Waals surface area contributed by atoms with Crippen LogP contribution in [0.2, 0.25) is 0 Å². The number of Topliss-reactive ketones (excluding diaryl/α,β-unsaturated/α-hetero) is 1. The van der Waals surface area contributed by atoms with Crippen molar-refractivity contribution >= 4 is 17.4 Å². The highest BCUT2D eigenvalue weighted by molar-refractivity contribution is 5.97. The summed E-state index contributed by atoms with van der Waals surface area (Å²) in [5.74, 6) is 0.818. The van der Waals surface area contributed by atoms with E-state index in [2.05, 4.69) is 5.32 Å². The number of ether oxygens (including phenoxy) is 3. The Kier molecular flexibility index (Phi) is 6.92. The van der Waals surface area contributed by atoms with Gasteiger partial charge in [-0.25, -0.2) is 0 Å². The third-order valence-corrected chi connectivity index (χ3v) is 4.77. The summed E-state index contributed by atoms with van der Waals surface area (Å²) in [7, 11) is 3.04. The van der Waals surface area contributed by atoms with E-state index in [1.165, 1.54) is 14.0 Å². The number of ketones is 1. The molecule has 6 heteroatoms. The molecule has 0 fully saturated rings. The van der Waals surface area contributed by atoms with Crippen molar-refractivity contribution in [1.29, 1.82) is 0 Å². The van der Waals surface area contributed by atoms with Crippen LogP contribution >= 0.6 is 0 Å². The number of carbonyl (C=O) groups is 2. The Morgan fingerprint density at radius 1 is 0.839 bits per heavy atom. The summed E-state index contributed by atoms with van der Waals surface area (Å²) >= 11 is 0. The lowest BCUT2D eigenvalue weighted by molar-refractivity contribution is -0.123. The van der Waals surface area contributed by atoms with Gasteiger partial charge >= 0.3 is 0 Å². The third kappa shape index (κ3) is 5.22. The van der Waals surface area contributed by atoms with Crippen LogP contribution in [-0.2, 0) is 4.79 Å². The van der Waals surface area contributed by atoms with Crippen molar-refractivity contribution in [2.75, 3.05) is 19.5 Å². The number of rotatable bonds is 8. The molecular weight excluding hydrogens is 394 g/mol. The van der Waals surface area contributed by atoms with Crippen molar-refractivity contribution in [1.82, 2.24) is 0 Å². The van der Waals surface area contributed by atoms with Gasteiger partial charge in [-0.2, -0.15) is 0 Å². The largest absolute Gasteiger partial charge is 0.495 e. The van der Waals surface area contributed by atoms with E-state index in [4.69, 9.17) is 14.2 Å². The molecule has 0 heterocycles. The standard InChI is InChI=1S/C25H25NO5/c1-16-10-12-21(29-3)20(14-16)26-25(28)24(18-8-6-5-7-9-18)31-22-13-11-19(17(2)27)15-23(22)30-4/h5-15,24H,1-4H3,(H,26,28)/t24-/m1/s1. The highest BCUT2D eigenvalue weighted by Crippen LogP contribution is 2.34. The van der Waals surface area contributed by atoms with Gasteiger partial charge in [-0.05, 0) is 49.7 Å². The zero-order valence-corrected chi connectivity index (χ0v) is 18.0. The Hall–Kier alpha value is -3.80. The zero-order valence-electron chi connectivity index (χ0n) is 18.0. The summed E-state index contributed by atoms with van der Waals surface area (Å²) in [5, 5.41) is 2.90. The van der Waals surface area contributed by atoms with E-state index < -0.39 is 6.10 Å². The maximum absolute atomic E-state index is 13.3. The lowest BCUT2D eigenvalue weighted by atomic mass is 10.1. The molecular formula is C25H25NO5. The molecule has 3 aromatic carbocycles. The first-order chi connectivity index (χ1) is 14.9. The number of anilines is 1. The quantitative estimate of drug-likeness (QED) is 0.522. The molecule has 31 heavy (non-hydrogen) atoms. The Labute approximate surface area is 181 Å². The summed E-state index contributed by atoms with van der Waals surface area (Å²) in [5.41, 5.74) is 2.70. The first kappa shape index (κ1) is 21.9. The van der Waals surface area contributed by atoms with Crippen LogP contribution < -0.4 is 19.5 Å². The molecule has 0 spiro atoms. The lowest BCUT2D eigenvalue weighted by Gasteiger charge is -2.21. The van der Waals surface area contributed by atoms with Crippen LogP contribution in [0.3, 0.4) is 0 Å². The molecule has 160 valence electrons. The van der Waals surface area contributed by atoms with Gasteiger partial charge in [-0.15, -0.1) is 0 Å². The minimum Gasteiger partial charge on any atom is -0.495 e. The van der Waals surface area contributed by atoms with E-state index in [1.807, 2.05) is 49.4 Å². The van der Waals surface area contributed by atoms with Gasteiger partial charge in [0, 0.05) is 11.1 Å². The van der Waals surface area contributed by atoms with Crippen LogP contribution in [-0.4, -0.2) is 25.9 Å². The number of carbonyl (C=O) groups excluding carboxylic acids is 2. The molecule has 0 aromatic heterocycles. The predicted octanol–water partition coefficient (Wildman–Crippen LogP) is 4.97. The highest BCUT2D eigenvalue weighted by Gasteiger charge is 2.25. The Bertz CT molecular complexity index is 1080. The highest BCUT2D eigenvalue weighted by atomic mass is 16.5. The molecule has 6 nitrogen and oxygen atoms in total. The minimum absolute atomic E-state index is 0.0891. The average Bonchev–Trinajstić information content (AvgIpc) is 2.78. The molecule has 3 aromatic rings. The molecule has 1 N–H and O–H groups in total. The zero-order chi connectivity index (χ0) is 22.4. The van der Waals surface area contributed by atoms with Gasteiger partial charge in [-0.3, -0.25) is 9.59 Å². The molecule has 0 aliphatic carbocycles. The van der Waals surface area contributed by atoms with Crippen LogP contribution in [0.25, 0.3) is 0 Å². The molecule has 0 bridgehead atoms. The molecule has 0 unspecified atom stereocenters. The lowest BCUT2D eigenvalue weighted by Crippen LogP contribution is -2.26. The predicted molar refractivity (Wildman–Crippen MR) is 119 cm³/mol. The van der Waals surface area contributed by atoms with E-state index >= 15 is 0 Å². The smallest absolute Gasteiger partial charge is 0.270 e. The van der Waals surface area contributed by atoms with E-state index in [0.717, 1.165) is 5.56 Å². The monoisotopic (exact) mass is 419 g/mol. The van der Waals surface area contributed by atoms with Gasteiger partial charge in [-0.1, -0.05) is 36.4 Å². The Balaban J connectivity index is 1.96. The molecule has 0 saturated carbocycles. The molecule has 0 radical (unpaired) electrons. The van der Waals surface area contributed by atoms with Crippen LogP contribution in [0.4, 0.5) is 5.69 Å². The van der Waals surface area contributed by atoms with Crippen LogP contribution in [0, 0.1) is 6.92 Å². The molecule has 0 aliphatic heterocycles. The number of methoxy groups -OCH3 is 2. The first-order valence-electron chi connectivity index (χ1n) is 9.79. The SMILES string of the molecule is COc1ccc(C)cc1NC(=O)[C@H](Oc1ccc(C(C)=O)cc1OC)c1ccccc1. The van der Waals surface area contributed by atoms with E-state index in [-0.39, 0.29) is 11.7 Å². The number of amides is 1. The van der Waals surface area contributed by atoms with Crippen molar-refractivity contribution in [3.63, 3.8) is 0 Å². The average molecular weight is 419 g/mol. The normalized spacial score (nSPS) is 11.4. The minimum atomic E-state index is -0.955. The van der Waals surface area contributed by atoms with Crippen LogP contribution in [0.5, 0.6) is 17.2 Å². The summed E-state index contributed by atoms with van der Waals surface area (Å²) in [6, 6.07) is 19.6. The summed E-state index contributed by atoms with van der Waals surface area (Å²) < 4.78 is 16.9. The van der Waals surface area contributed by atoms with Crippen LogP contribution in [0.15, 0.2) is 66.7 Å². The van der Waals surface area contributed by atoms with Crippen molar-refractivity contribution in [2.45, 2.75) is 20.0 Å². The summed E-state index contributed by atoms with van der Waals surface area (Å²) in [6.45, 7) is 3.41. The Morgan fingerprint density at radius 2 is 1.52 bits per heavy atom. The fourth-order valence-corrected chi connectivity index (χ4v) is 3.13. The number of hydrogen-bond acceptors (Lipinski definition) is 5. The van der Waals surface area contributed by atoms with Crippen molar-refractivity contribution < 1.29 is 23.8 Å². The number of hydrogen-bond donors (Lipinski definition) is 1. The van der Waals surface area contributed by atoms with Gasteiger partial charge in [0.25, 0.3) is 5.91 Å². The fourth-order valence-electron chi connectivity index (χ4n) is 3.13. The molecule has 0 aliphatic rings. The number of nitrogens with one attached hydrogen (secondary N) is 1. The van der Waals surface area contributed by atoms with Gasteiger partial charge in [0.1, 0.15) is 5.75 Å². The van der Waals surface area contributed by atoms with Gasteiger partial charge < -0.3 is 19.5 Å². The maximum atomic E-state index is 13.3. The van der Waals surface area contributed by atoms with E-state index in [1.54, 1.807) is 31.4 Å². The Morgan fingerprint density at radius 3 is 2.16 bits per heavy atom. The van der Waals surface area contributed by atoms with Gasteiger partial charge in [0.2, 0.25) is 6.10 Å². The van der Waals surface area contributed by atoms with Gasteiger partial charge in [0.05, 0.1) is 19.9 Å². The fraction of sp³-hybridized carbons (Fsp3) is 0.200. The van der Waals surface area contributed by atoms with Gasteiger partial charge in [0.15, 0.2) is 17.3 Å². The summed E-state index contributed by atoms with van der Waals surface area (Å²) in [6.07, 6.45) is -0.955. The van der Waals surface area contributed by atoms with Crippen molar-refractivity contribution in [3.8, 4) is 17.2 Å². The number of aryl methyl sites for hydroxylation is 1. The second-order valence-electron chi connectivity index (χ2n) is 7.02. The van der Waals surface area contributed by atoms with Crippen LogP contribution in [0.1, 0.15) is 34.5 Å². The third-order valence-electron chi connectivity index (χ3n) is 4.77. The maximum Gasteiger partial charge on any atom is 0.270 e. The topological polar surface area (TPSA) is 73.9 Å². The van der Waals surface area contributed by atoms with Crippen molar-refractivity contribution in [3.05, 3.63) is 83.4 Å². The molecule has 1 amide bonds. The van der Waals surface area contributed by atoms with E-state index in [9.17, 15) is 9.59 Å². The molecule has 0 saturated heterocycles. The second kappa shape index (κ2) is 9.80. The molecule has 1 atom stereocenters. The van der Waals surface area contributed by atoms with E-state index in [0.29, 0.717) is 34.1 Å².